The monoisotopic (exact) mass is 564 g/mol. The van der Waals surface area contributed by atoms with Crippen molar-refractivity contribution < 1.29 is 32.4 Å². The Balaban J connectivity index is 2.57. The van der Waals surface area contributed by atoms with Crippen molar-refractivity contribution in [3.05, 3.63) is 58.1 Å². The fourth-order valence-electron chi connectivity index (χ4n) is 3.88. The third kappa shape index (κ3) is 8.57. The second-order valence-corrected chi connectivity index (χ2v) is 11.8. The van der Waals surface area contributed by atoms with Crippen molar-refractivity contribution in [1.29, 1.82) is 0 Å². The maximum Gasteiger partial charge on any atom is 0.271 e. The number of hydrogen-bond donors (Lipinski definition) is 1. The molecule has 2 rings (SSSR count). The van der Waals surface area contributed by atoms with Gasteiger partial charge in [-0.2, -0.15) is 0 Å². The first-order valence-corrected chi connectivity index (χ1v) is 14.0. The third-order valence-corrected chi connectivity index (χ3v) is 6.84. The van der Waals surface area contributed by atoms with Crippen LogP contribution in [0.2, 0.25) is 0 Å². The lowest BCUT2D eigenvalue weighted by Gasteiger charge is -2.34. The van der Waals surface area contributed by atoms with Crippen LogP contribution in [-0.4, -0.2) is 68.7 Å². The Labute approximate surface area is 229 Å². The summed E-state index contributed by atoms with van der Waals surface area (Å²) in [4.78, 5) is 39.1. The van der Waals surface area contributed by atoms with Crippen LogP contribution in [-0.2, 0) is 26.2 Å². The van der Waals surface area contributed by atoms with Crippen LogP contribution in [0.4, 0.5) is 11.4 Å². The molecule has 2 aromatic carbocycles. The van der Waals surface area contributed by atoms with Crippen molar-refractivity contribution in [3.63, 3.8) is 0 Å². The summed E-state index contributed by atoms with van der Waals surface area (Å²) in [6.45, 7) is 6.47. The van der Waals surface area contributed by atoms with E-state index >= 15 is 0 Å². The van der Waals surface area contributed by atoms with Crippen LogP contribution in [0.15, 0.2) is 42.5 Å². The van der Waals surface area contributed by atoms with Crippen LogP contribution in [0.1, 0.15) is 39.7 Å². The second-order valence-electron chi connectivity index (χ2n) is 9.92. The Kier molecular flexibility index (Phi) is 10.3. The van der Waals surface area contributed by atoms with E-state index in [1.807, 2.05) is 20.8 Å². The molecule has 214 valence electrons. The fourth-order valence-corrected chi connectivity index (χ4v) is 4.73. The van der Waals surface area contributed by atoms with E-state index in [1.54, 1.807) is 31.2 Å². The van der Waals surface area contributed by atoms with Gasteiger partial charge in [-0.05, 0) is 51.0 Å². The molecule has 13 heteroatoms. The van der Waals surface area contributed by atoms with E-state index in [0.29, 0.717) is 11.3 Å². The Morgan fingerprint density at radius 3 is 2.15 bits per heavy atom. The highest BCUT2D eigenvalue weighted by atomic mass is 32.2. The van der Waals surface area contributed by atoms with Crippen molar-refractivity contribution in [2.45, 2.75) is 52.2 Å². The Hall–Kier alpha value is -3.87. The Bertz CT molecular complexity index is 1290. The predicted octanol–water partition coefficient (Wildman–Crippen LogP) is 3.10. The van der Waals surface area contributed by atoms with E-state index in [2.05, 4.69) is 5.32 Å². The topological polar surface area (TPSA) is 148 Å². The number of nitro benzene ring substituents is 1. The number of amides is 2. The lowest BCUT2D eigenvalue weighted by molar-refractivity contribution is -0.384. The number of non-ortho nitro benzene ring substituents is 1. The summed E-state index contributed by atoms with van der Waals surface area (Å²) in [5.74, 6) is -0.445. The van der Waals surface area contributed by atoms with E-state index in [4.69, 9.17) is 9.47 Å². The predicted molar refractivity (Wildman–Crippen MR) is 147 cm³/mol. The molecule has 39 heavy (non-hydrogen) atoms. The standard InChI is InChI=1S/C26H36N4O8S/c1-8-21(25(32)27-26(2,3)4)28(16-18-9-12-20(37-5)13-10-18)24(31)17-29(39(7,35)36)22-15-19(30(33)34)11-14-23(22)38-6/h9-15,21H,8,16-17H2,1-7H3,(H,27,32)/t21-/m0/s1. The van der Waals surface area contributed by atoms with Crippen LogP contribution >= 0.6 is 0 Å². The van der Waals surface area contributed by atoms with Crippen molar-refractivity contribution in [2.75, 3.05) is 31.3 Å². The molecule has 2 aromatic rings. The molecule has 0 saturated heterocycles. The number of carbonyl (C=O) groups excluding carboxylic acids is 2. The summed E-state index contributed by atoms with van der Waals surface area (Å²) in [5, 5.41) is 14.3. The molecule has 0 bridgehead atoms. The van der Waals surface area contributed by atoms with E-state index in [1.165, 1.54) is 31.3 Å². The first-order chi connectivity index (χ1) is 18.1. The van der Waals surface area contributed by atoms with Crippen LogP contribution in [0.25, 0.3) is 0 Å². The van der Waals surface area contributed by atoms with Gasteiger partial charge in [-0.15, -0.1) is 0 Å². The molecule has 12 nitrogen and oxygen atoms in total. The Morgan fingerprint density at radius 2 is 1.69 bits per heavy atom. The van der Waals surface area contributed by atoms with Crippen molar-refractivity contribution in [1.82, 2.24) is 10.2 Å². The number of methoxy groups -OCH3 is 2. The van der Waals surface area contributed by atoms with E-state index < -0.39 is 44.9 Å². The van der Waals surface area contributed by atoms with Gasteiger partial charge < -0.3 is 19.7 Å². The number of rotatable bonds is 12. The number of nitro groups is 1. The zero-order chi connectivity index (χ0) is 29.5. The molecule has 0 fully saturated rings. The van der Waals surface area contributed by atoms with Gasteiger partial charge in [0.2, 0.25) is 21.8 Å². The number of ether oxygens (including phenoxy) is 2. The first-order valence-electron chi connectivity index (χ1n) is 12.2. The van der Waals surface area contributed by atoms with E-state index in [9.17, 15) is 28.1 Å². The zero-order valence-electron chi connectivity index (χ0n) is 23.3. The lowest BCUT2D eigenvalue weighted by atomic mass is 10.1. The van der Waals surface area contributed by atoms with Crippen molar-refractivity contribution >= 4 is 33.2 Å². The quantitative estimate of drug-likeness (QED) is 0.305. The molecule has 0 aliphatic rings. The van der Waals surface area contributed by atoms with Gasteiger partial charge in [0, 0.05) is 24.2 Å². The van der Waals surface area contributed by atoms with Gasteiger partial charge in [0.15, 0.2) is 0 Å². The van der Waals surface area contributed by atoms with Crippen molar-refractivity contribution in [3.8, 4) is 11.5 Å². The van der Waals surface area contributed by atoms with Gasteiger partial charge in [-0.3, -0.25) is 24.0 Å². The SMILES string of the molecule is CC[C@@H](C(=O)NC(C)(C)C)N(Cc1ccc(OC)cc1)C(=O)CN(c1cc([N+](=O)[O-])ccc1OC)S(C)(=O)=O. The molecule has 0 aliphatic heterocycles. The number of anilines is 1. The molecular weight excluding hydrogens is 528 g/mol. The van der Waals surface area contributed by atoms with Gasteiger partial charge >= 0.3 is 0 Å². The fraction of sp³-hybridized carbons (Fsp3) is 0.462. The average molecular weight is 565 g/mol. The molecule has 1 N–H and O–H groups in total. The molecule has 0 unspecified atom stereocenters. The number of carbonyl (C=O) groups is 2. The number of nitrogens with zero attached hydrogens (tertiary/aromatic N) is 3. The Morgan fingerprint density at radius 1 is 1.08 bits per heavy atom. The maximum absolute atomic E-state index is 13.8. The molecule has 1 atom stereocenters. The van der Waals surface area contributed by atoms with Gasteiger partial charge in [0.1, 0.15) is 29.8 Å². The minimum atomic E-state index is -4.12. The molecule has 0 spiro atoms. The molecule has 2 amide bonds. The molecule has 0 heterocycles. The van der Waals surface area contributed by atoms with E-state index in [-0.39, 0.29) is 30.1 Å². The second kappa shape index (κ2) is 12.8. The molecule has 0 saturated carbocycles. The smallest absolute Gasteiger partial charge is 0.271 e. The summed E-state index contributed by atoms with van der Waals surface area (Å²) in [7, 11) is -1.31. The highest BCUT2D eigenvalue weighted by Crippen LogP contribution is 2.34. The van der Waals surface area contributed by atoms with E-state index in [0.717, 1.165) is 16.6 Å². The zero-order valence-corrected chi connectivity index (χ0v) is 24.1. The van der Waals surface area contributed by atoms with Crippen LogP contribution in [0.3, 0.4) is 0 Å². The summed E-state index contributed by atoms with van der Waals surface area (Å²) >= 11 is 0. The lowest BCUT2D eigenvalue weighted by Crippen LogP contribution is -2.55. The molecule has 0 aliphatic carbocycles. The maximum atomic E-state index is 13.8. The largest absolute Gasteiger partial charge is 0.497 e. The van der Waals surface area contributed by atoms with Crippen LogP contribution < -0.4 is 19.1 Å². The summed E-state index contributed by atoms with van der Waals surface area (Å²) in [6.07, 6.45) is 1.14. The average Bonchev–Trinajstić information content (AvgIpc) is 2.85. The molecule has 0 radical (unpaired) electrons. The summed E-state index contributed by atoms with van der Waals surface area (Å²) < 4.78 is 36.9. The van der Waals surface area contributed by atoms with Gasteiger partial charge in [0.25, 0.3) is 5.69 Å². The molecule has 0 aromatic heterocycles. The third-order valence-electron chi connectivity index (χ3n) is 5.72. The highest BCUT2D eigenvalue weighted by molar-refractivity contribution is 7.92. The first kappa shape index (κ1) is 31.3. The van der Waals surface area contributed by atoms with Gasteiger partial charge in [0.05, 0.1) is 25.4 Å². The minimum Gasteiger partial charge on any atom is -0.497 e. The van der Waals surface area contributed by atoms with Crippen molar-refractivity contribution in [2.24, 2.45) is 0 Å². The minimum absolute atomic E-state index is 0.00255. The van der Waals surface area contributed by atoms with Crippen LogP contribution in [0.5, 0.6) is 11.5 Å². The number of nitrogens with one attached hydrogen (secondary N) is 1. The highest BCUT2D eigenvalue weighted by Gasteiger charge is 2.34. The number of sulfonamides is 1. The number of benzene rings is 2. The number of hydrogen-bond acceptors (Lipinski definition) is 8. The molecular formula is C26H36N4O8S. The van der Waals surface area contributed by atoms with Gasteiger partial charge in [-0.25, -0.2) is 8.42 Å². The summed E-state index contributed by atoms with van der Waals surface area (Å²) in [6, 6.07) is 9.45. The normalized spacial score (nSPS) is 12.3. The van der Waals surface area contributed by atoms with Gasteiger partial charge in [-0.1, -0.05) is 19.1 Å². The van der Waals surface area contributed by atoms with Crippen LogP contribution in [0, 0.1) is 10.1 Å². The summed E-state index contributed by atoms with van der Waals surface area (Å²) in [5.41, 5.74) is -0.434.